The van der Waals surface area contributed by atoms with Crippen LogP contribution in [0.25, 0.3) is 0 Å². The van der Waals surface area contributed by atoms with Gasteiger partial charge in [-0.25, -0.2) is 8.42 Å². The highest BCUT2D eigenvalue weighted by Gasteiger charge is 2.29. The molecule has 0 saturated heterocycles. The van der Waals surface area contributed by atoms with E-state index in [0.717, 1.165) is 0 Å². The van der Waals surface area contributed by atoms with E-state index in [4.69, 9.17) is 9.47 Å². The Labute approximate surface area is 116 Å². The van der Waals surface area contributed by atoms with Crippen molar-refractivity contribution in [3.8, 4) is 0 Å². The van der Waals surface area contributed by atoms with Gasteiger partial charge in [0.25, 0.3) is 0 Å². The minimum atomic E-state index is -3.12. The molecule has 0 bridgehead atoms. The largest absolute Gasteiger partial charge is 0.389 e. The third-order valence-corrected chi connectivity index (χ3v) is 4.97. The van der Waals surface area contributed by atoms with E-state index in [9.17, 15) is 13.5 Å². The van der Waals surface area contributed by atoms with Gasteiger partial charge in [0.2, 0.25) is 0 Å². The van der Waals surface area contributed by atoms with E-state index < -0.39 is 20.7 Å². The highest BCUT2D eigenvalue weighted by atomic mass is 32.2. The van der Waals surface area contributed by atoms with Crippen molar-refractivity contribution in [3.63, 3.8) is 0 Å². The molecule has 116 valence electrons. The van der Waals surface area contributed by atoms with Crippen LogP contribution in [-0.2, 0) is 19.3 Å². The van der Waals surface area contributed by atoms with Crippen LogP contribution in [0.15, 0.2) is 0 Å². The summed E-state index contributed by atoms with van der Waals surface area (Å²) < 4.78 is 32.4. The number of sulfone groups is 1. The van der Waals surface area contributed by atoms with Crippen LogP contribution < -0.4 is 5.32 Å². The summed E-state index contributed by atoms with van der Waals surface area (Å²) in [5.41, 5.74) is 0. The standard InChI is InChI=1S/C12H27NO5S/c1-5-17-6-7-18-9-11(14)8-13-10-12(2,3)19(4,15)16/h11,13-14H,5-10H2,1-4H3. The number of aliphatic hydroxyl groups excluding tert-OH is 1. The molecule has 2 N–H and O–H groups in total. The maximum atomic E-state index is 11.5. The summed E-state index contributed by atoms with van der Waals surface area (Å²) in [6.07, 6.45) is 0.555. The Bertz CT molecular complexity index is 329. The Hall–Kier alpha value is -0.210. The quantitative estimate of drug-likeness (QED) is 0.514. The smallest absolute Gasteiger partial charge is 0.153 e. The van der Waals surface area contributed by atoms with Crippen LogP contribution in [0, 0.1) is 0 Å². The summed E-state index contributed by atoms with van der Waals surface area (Å²) >= 11 is 0. The molecule has 0 heterocycles. The van der Waals surface area contributed by atoms with Gasteiger partial charge in [0.15, 0.2) is 9.84 Å². The summed E-state index contributed by atoms with van der Waals surface area (Å²) in [6.45, 7) is 7.61. The van der Waals surface area contributed by atoms with Gasteiger partial charge in [-0.2, -0.15) is 0 Å². The molecule has 0 saturated carbocycles. The van der Waals surface area contributed by atoms with Gasteiger partial charge in [-0.15, -0.1) is 0 Å². The summed E-state index contributed by atoms with van der Waals surface area (Å²) in [7, 11) is -3.12. The fraction of sp³-hybridized carbons (Fsp3) is 1.00. The van der Waals surface area contributed by atoms with Crippen molar-refractivity contribution in [2.24, 2.45) is 0 Å². The van der Waals surface area contributed by atoms with E-state index in [0.29, 0.717) is 32.9 Å². The maximum absolute atomic E-state index is 11.5. The second kappa shape index (κ2) is 8.86. The predicted molar refractivity (Wildman–Crippen MR) is 75.1 cm³/mol. The molecule has 6 nitrogen and oxygen atoms in total. The molecule has 0 rings (SSSR count). The molecule has 0 aromatic carbocycles. The Morgan fingerprint density at radius 2 is 1.84 bits per heavy atom. The van der Waals surface area contributed by atoms with E-state index in [1.54, 1.807) is 13.8 Å². The molecule has 1 unspecified atom stereocenters. The molecule has 19 heavy (non-hydrogen) atoms. The van der Waals surface area contributed by atoms with Crippen molar-refractivity contribution < 1.29 is 23.0 Å². The molecule has 0 fully saturated rings. The first-order chi connectivity index (χ1) is 8.70. The van der Waals surface area contributed by atoms with Gasteiger partial charge in [0.05, 0.1) is 30.7 Å². The number of ether oxygens (including phenoxy) is 2. The van der Waals surface area contributed by atoms with Gasteiger partial charge >= 0.3 is 0 Å². The highest BCUT2D eigenvalue weighted by molar-refractivity contribution is 7.92. The van der Waals surface area contributed by atoms with E-state index >= 15 is 0 Å². The van der Waals surface area contributed by atoms with Crippen molar-refractivity contribution in [1.82, 2.24) is 5.32 Å². The molecule has 0 spiro atoms. The lowest BCUT2D eigenvalue weighted by Gasteiger charge is -2.23. The molecule has 0 aliphatic rings. The summed E-state index contributed by atoms with van der Waals surface area (Å²) in [4.78, 5) is 0. The van der Waals surface area contributed by atoms with Crippen molar-refractivity contribution in [2.45, 2.75) is 31.6 Å². The zero-order valence-electron chi connectivity index (χ0n) is 12.3. The van der Waals surface area contributed by atoms with Crippen LogP contribution in [0.5, 0.6) is 0 Å². The molecule has 0 aliphatic carbocycles. The van der Waals surface area contributed by atoms with Gasteiger partial charge in [-0.1, -0.05) is 0 Å². The predicted octanol–water partition coefficient (Wildman–Crippen LogP) is -0.187. The van der Waals surface area contributed by atoms with E-state index in [-0.39, 0.29) is 6.61 Å². The summed E-state index contributed by atoms with van der Waals surface area (Å²) in [6, 6.07) is 0. The lowest BCUT2D eigenvalue weighted by atomic mass is 10.2. The van der Waals surface area contributed by atoms with E-state index in [1.165, 1.54) is 6.26 Å². The van der Waals surface area contributed by atoms with Crippen LogP contribution in [-0.4, -0.2) is 70.1 Å². The summed E-state index contributed by atoms with van der Waals surface area (Å²) in [5, 5.41) is 12.6. The molecule has 0 aromatic rings. The van der Waals surface area contributed by atoms with Crippen LogP contribution >= 0.6 is 0 Å². The van der Waals surface area contributed by atoms with Gasteiger partial charge < -0.3 is 19.9 Å². The third-order valence-electron chi connectivity index (χ3n) is 2.82. The molecule has 1 atom stereocenters. The summed E-state index contributed by atoms with van der Waals surface area (Å²) in [5.74, 6) is 0. The molecule has 0 aromatic heterocycles. The van der Waals surface area contributed by atoms with Crippen molar-refractivity contribution >= 4 is 9.84 Å². The first kappa shape index (κ1) is 18.8. The molecule has 0 amide bonds. The normalized spacial score (nSPS) is 14.6. The van der Waals surface area contributed by atoms with E-state index in [1.807, 2.05) is 6.92 Å². The Kier molecular flexibility index (Phi) is 8.76. The number of rotatable bonds is 11. The Morgan fingerprint density at radius 1 is 1.26 bits per heavy atom. The number of hydrogen-bond donors (Lipinski definition) is 2. The van der Waals surface area contributed by atoms with Gasteiger partial charge in [-0.3, -0.25) is 0 Å². The fourth-order valence-corrected chi connectivity index (χ4v) is 1.58. The third kappa shape index (κ3) is 8.54. The van der Waals surface area contributed by atoms with Crippen LogP contribution in [0.2, 0.25) is 0 Å². The van der Waals surface area contributed by atoms with Gasteiger partial charge in [0.1, 0.15) is 0 Å². The van der Waals surface area contributed by atoms with Crippen LogP contribution in [0.1, 0.15) is 20.8 Å². The fourth-order valence-electron chi connectivity index (χ4n) is 1.21. The lowest BCUT2D eigenvalue weighted by molar-refractivity contribution is 0.00645. The van der Waals surface area contributed by atoms with Crippen molar-refractivity contribution in [2.75, 3.05) is 45.8 Å². The Morgan fingerprint density at radius 3 is 2.37 bits per heavy atom. The topological polar surface area (TPSA) is 84.9 Å². The zero-order chi connectivity index (χ0) is 14.9. The lowest BCUT2D eigenvalue weighted by Crippen LogP contribution is -2.44. The average Bonchev–Trinajstić information content (AvgIpc) is 2.27. The SMILES string of the molecule is CCOCCOCC(O)CNCC(C)(C)S(C)(=O)=O. The molecular formula is C12H27NO5S. The molecule has 0 radical (unpaired) electrons. The van der Waals surface area contributed by atoms with Crippen molar-refractivity contribution in [3.05, 3.63) is 0 Å². The van der Waals surface area contributed by atoms with Gasteiger partial charge in [-0.05, 0) is 20.8 Å². The second-order valence-electron chi connectivity index (χ2n) is 5.09. The number of nitrogens with one attached hydrogen (secondary N) is 1. The highest BCUT2D eigenvalue weighted by Crippen LogP contribution is 2.13. The van der Waals surface area contributed by atoms with E-state index in [2.05, 4.69) is 5.32 Å². The second-order valence-corrected chi connectivity index (χ2v) is 7.74. The first-order valence-corrected chi connectivity index (χ1v) is 8.33. The minimum Gasteiger partial charge on any atom is -0.389 e. The van der Waals surface area contributed by atoms with Gasteiger partial charge in [0, 0.05) is 26.0 Å². The average molecular weight is 297 g/mol. The number of hydrogen-bond acceptors (Lipinski definition) is 6. The van der Waals surface area contributed by atoms with Crippen LogP contribution in [0.4, 0.5) is 0 Å². The minimum absolute atomic E-state index is 0.208. The van der Waals surface area contributed by atoms with Crippen molar-refractivity contribution in [1.29, 1.82) is 0 Å². The monoisotopic (exact) mass is 297 g/mol. The first-order valence-electron chi connectivity index (χ1n) is 6.44. The van der Waals surface area contributed by atoms with Crippen LogP contribution in [0.3, 0.4) is 0 Å². The molecule has 7 heteroatoms. The Balaban J connectivity index is 3.72. The molecule has 0 aliphatic heterocycles. The maximum Gasteiger partial charge on any atom is 0.153 e. The number of aliphatic hydroxyl groups is 1. The molecular weight excluding hydrogens is 270 g/mol. The zero-order valence-corrected chi connectivity index (χ0v) is 13.1.